The van der Waals surface area contributed by atoms with Crippen LogP contribution >= 0.6 is 0 Å². The molecule has 17 heavy (non-hydrogen) atoms. The Hall–Kier alpha value is -1.26. The van der Waals surface area contributed by atoms with Crippen LogP contribution in [0.2, 0.25) is 6.32 Å². The lowest BCUT2D eigenvalue weighted by atomic mass is 9.84. The van der Waals surface area contributed by atoms with Crippen molar-refractivity contribution in [2.24, 2.45) is 0 Å². The maximum Gasteiger partial charge on any atom is 0.451 e. The lowest BCUT2D eigenvalue weighted by molar-refractivity contribution is 0.401. The molecule has 0 fully saturated rings. The van der Waals surface area contributed by atoms with Gasteiger partial charge in [-0.2, -0.15) is 0 Å². The summed E-state index contributed by atoms with van der Waals surface area (Å²) >= 11 is 0. The van der Waals surface area contributed by atoms with Crippen molar-refractivity contribution < 1.29 is 10.0 Å². The van der Waals surface area contributed by atoms with Crippen molar-refractivity contribution in [1.82, 2.24) is 4.57 Å². The molecule has 2 aromatic rings. The van der Waals surface area contributed by atoms with Gasteiger partial charge in [-0.05, 0) is 37.4 Å². The van der Waals surface area contributed by atoms with Gasteiger partial charge in [-0.15, -0.1) is 0 Å². The van der Waals surface area contributed by atoms with Crippen LogP contribution in [0.1, 0.15) is 18.4 Å². The minimum absolute atomic E-state index is 0.457. The molecule has 2 N–H and O–H groups in total. The predicted molar refractivity (Wildman–Crippen MR) is 70.9 cm³/mol. The van der Waals surface area contributed by atoms with E-state index >= 15 is 0 Å². The molecule has 1 aromatic carbocycles. The Labute approximate surface area is 102 Å². The molecular formula is C13H18BNO2. The normalized spacial score (nSPS) is 11.0. The van der Waals surface area contributed by atoms with Gasteiger partial charge >= 0.3 is 7.12 Å². The highest BCUT2D eigenvalue weighted by atomic mass is 16.4. The Kier molecular flexibility index (Phi) is 3.87. The highest BCUT2D eigenvalue weighted by molar-refractivity contribution is 6.40. The van der Waals surface area contributed by atoms with E-state index in [1.165, 1.54) is 16.5 Å². The van der Waals surface area contributed by atoms with Crippen LogP contribution in [0.4, 0.5) is 0 Å². The molecule has 0 radical (unpaired) electrons. The van der Waals surface area contributed by atoms with E-state index in [1.807, 2.05) is 0 Å². The van der Waals surface area contributed by atoms with Gasteiger partial charge in [0.25, 0.3) is 0 Å². The second-order valence-corrected chi connectivity index (χ2v) is 4.49. The number of aryl methyl sites for hydroxylation is 2. The second-order valence-electron chi connectivity index (χ2n) is 4.49. The molecule has 90 valence electrons. The van der Waals surface area contributed by atoms with E-state index in [0.717, 1.165) is 19.4 Å². The van der Waals surface area contributed by atoms with E-state index in [0.29, 0.717) is 6.32 Å². The summed E-state index contributed by atoms with van der Waals surface area (Å²) in [5.74, 6) is 0. The smallest absolute Gasteiger partial charge is 0.427 e. The lowest BCUT2D eigenvalue weighted by Crippen LogP contribution is -2.10. The van der Waals surface area contributed by atoms with Crippen molar-refractivity contribution in [3.8, 4) is 0 Å². The minimum atomic E-state index is -1.17. The van der Waals surface area contributed by atoms with Crippen molar-refractivity contribution in [2.45, 2.75) is 32.6 Å². The molecule has 0 amide bonds. The number of unbranched alkanes of at least 4 members (excludes halogenated alkanes) is 1. The molecule has 2 rings (SSSR count). The maximum absolute atomic E-state index is 8.77. The molecule has 0 unspecified atom stereocenters. The molecule has 0 spiro atoms. The summed E-state index contributed by atoms with van der Waals surface area (Å²) in [6, 6.07) is 8.47. The monoisotopic (exact) mass is 231 g/mol. The van der Waals surface area contributed by atoms with Crippen molar-refractivity contribution in [1.29, 1.82) is 0 Å². The van der Waals surface area contributed by atoms with E-state index in [-0.39, 0.29) is 0 Å². The van der Waals surface area contributed by atoms with Gasteiger partial charge < -0.3 is 14.6 Å². The molecule has 1 aromatic heterocycles. The van der Waals surface area contributed by atoms with Crippen LogP contribution in [-0.4, -0.2) is 21.7 Å². The molecule has 3 nitrogen and oxygen atoms in total. The van der Waals surface area contributed by atoms with E-state index in [4.69, 9.17) is 10.0 Å². The molecule has 0 saturated heterocycles. The van der Waals surface area contributed by atoms with Crippen molar-refractivity contribution in [3.63, 3.8) is 0 Å². The number of nitrogens with zero attached hydrogens (tertiary/aromatic N) is 1. The fourth-order valence-corrected chi connectivity index (χ4v) is 2.18. The third kappa shape index (κ3) is 2.90. The van der Waals surface area contributed by atoms with Gasteiger partial charge in [-0.1, -0.05) is 18.6 Å². The number of hydrogen-bond donors (Lipinski definition) is 2. The standard InChI is InChI=1S/C13H18BNO2/c1-11-5-4-6-13-12(11)7-10-15(13)9-3-2-8-14(16)17/h4-7,10,16-17H,2-3,8-9H2,1H3. The maximum atomic E-state index is 8.77. The molecule has 1 heterocycles. The highest BCUT2D eigenvalue weighted by Gasteiger charge is 2.06. The molecule has 0 aliphatic carbocycles. The summed E-state index contributed by atoms with van der Waals surface area (Å²) in [5.41, 5.74) is 2.56. The Morgan fingerprint density at radius 3 is 2.76 bits per heavy atom. The summed E-state index contributed by atoms with van der Waals surface area (Å²) in [4.78, 5) is 0. The number of fused-ring (bicyclic) bond motifs is 1. The predicted octanol–water partition coefficient (Wildman–Crippen LogP) is 2.20. The zero-order valence-corrected chi connectivity index (χ0v) is 10.1. The van der Waals surface area contributed by atoms with Crippen LogP contribution in [0.15, 0.2) is 30.5 Å². The lowest BCUT2D eigenvalue weighted by Gasteiger charge is -2.05. The van der Waals surface area contributed by atoms with Crippen molar-refractivity contribution >= 4 is 18.0 Å². The average molecular weight is 231 g/mol. The molecule has 0 aliphatic rings. The second kappa shape index (κ2) is 5.38. The van der Waals surface area contributed by atoms with Crippen LogP contribution in [0, 0.1) is 6.92 Å². The quantitative estimate of drug-likeness (QED) is 0.612. The topological polar surface area (TPSA) is 45.4 Å². The zero-order valence-electron chi connectivity index (χ0n) is 10.1. The zero-order chi connectivity index (χ0) is 12.3. The van der Waals surface area contributed by atoms with Gasteiger partial charge in [-0.25, -0.2) is 0 Å². The van der Waals surface area contributed by atoms with Gasteiger partial charge in [0, 0.05) is 23.6 Å². The van der Waals surface area contributed by atoms with Crippen LogP contribution in [0.5, 0.6) is 0 Å². The SMILES string of the molecule is Cc1cccc2c1ccn2CCCCB(O)O. The summed E-state index contributed by atoms with van der Waals surface area (Å²) in [6.07, 6.45) is 4.36. The molecule has 4 heteroatoms. The number of rotatable bonds is 5. The van der Waals surface area contributed by atoms with Crippen molar-refractivity contribution in [3.05, 3.63) is 36.0 Å². The fraction of sp³-hybridized carbons (Fsp3) is 0.385. The average Bonchev–Trinajstić information content (AvgIpc) is 2.69. The third-order valence-electron chi connectivity index (χ3n) is 3.14. The molecule has 0 bridgehead atoms. The third-order valence-corrected chi connectivity index (χ3v) is 3.14. The number of benzene rings is 1. The Balaban J connectivity index is 2.02. The first kappa shape index (κ1) is 12.2. The Morgan fingerprint density at radius 2 is 2.00 bits per heavy atom. The van der Waals surface area contributed by atoms with Gasteiger partial charge in [0.05, 0.1) is 0 Å². The largest absolute Gasteiger partial charge is 0.451 e. The fourth-order valence-electron chi connectivity index (χ4n) is 2.18. The van der Waals surface area contributed by atoms with E-state index < -0.39 is 7.12 Å². The van der Waals surface area contributed by atoms with E-state index in [9.17, 15) is 0 Å². The van der Waals surface area contributed by atoms with Crippen LogP contribution < -0.4 is 0 Å². The summed E-state index contributed by atoms with van der Waals surface area (Å²) < 4.78 is 2.23. The Morgan fingerprint density at radius 1 is 1.18 bits per heavy atom. The first-order valence-corrected chi connectivity index (χ1v) is 6.09. The molecule has 0 saturated carbocycles. The van der Waals surface area contributed by atoms with Gasteiger partial charge in [0.15, 0.2) is 0 Å². The molecule has 0 aliphatic heterocycles. The first-order chi connectivity index (χ1) is 8.18. The van der Waals surface area contributed by atoms with Crippen molar-refractivity contribution in [2.75, 3.05) is 0 Å². The van der Waals surface area contributed by atoms with Crippen LogP contribution in [0.3, 0.4) is 0 Å². The molecular weight excluding hydrogens is 213 g/mol. The van der Waals surface area contributed by atoms with Gasteiger partial charge in [0.2, 0.25) is 0 Å². The number of aromatic nitrogens is 1. The van der Waals surface area contributed by atoms with E-state index in [2.05, 4.69) is 42.0 Å². The Bertz CT molecular complexity index is 493. The summed E-state index contributed by atoms with van der Waals surface area (Å²) in [6.45, 7) is 3.05. The number of hydrogen-bond acceptors (Lipinski definition) is 2. The summed E-state index contributed by atoms with van der Waals surface area (Å²) in [5, 5.41) is 18.8. The first-order valence-electron chi connectivity index (χ1n) is 6.09. The minimum Gasteiger partial charge on any atom is -0.427 e. The highest BCUT2D eigenvalue weighted by Crippen LogP contribution is 2.20. The van der Waals surface area contributed by atoms with Gasteiger partial charge in [0.1, 0.15) is 0 Å². The van der Waals surface area contributed by atoms with E-state index in [1.54, 1.807) is 0 Å². The summed E-state index contributed by atoms with van der Waals surface area (Å²) in [7, 11) is -1.17. The van der Waals surface area contributed by atoms with Gasteiger partial charge in [-0.3, -0.25) is 0 Å². The van der Waals surface area contributed by atoms with Crippen LogP contribution in [0.25, 0.3) is 10.9 Å². The molecule has 0 atom stereocenters. The van der Waals surface area contributed by atoms with Crippen LogP contribution in [-0.2, 0) is 6.54 Å².